The van der Waals surface area contributed by atoms with E-state index in [2.05, 4.69) is 11.6 Å². The Kier molecular flexibility index (Phi) is 2.41. The summed E-state index contributed by atoms with van der Waals surface area (Å²) in [7, 11) is 0. The van der Waals surface area contributed by atoms with E-state index in [1.54, 1.807) is 6.08 Å². The summed E-state index contributed by atoms with van der Waals surface area (Å²) in [6.45, 7) is 3.71. The molecule has 0 aliphatic carbocycles. The number of hydrogen-bond acceptors (Lipinski definition) is 1. The third-order valence-electron chi connectivity index (χ3n) is 3.05. The predicted octanol–water partition coefficient (Wildman–Crippen LogP) is 1.85. The highest BCUT2D eigenvalue weighted by atomic mass is 16.1. The molecule has 1 amide bonds. The average molecular weight is 233 g/mol. The van der Waals surface area contributed by atoms with Gasteiger partial charge in [0, 0.05) is 5.22 Å². The van der Waals surface area contributed by atoms with Gasteiger partial charge in [-0.2, -0.15) is 0 Å². The van der Waals surface area contributed by atoms with Crippen LogP contribution in [-0.2, 0) is 4.79 Å². The Hall–Kier alpha value is -2.48. The first kappa shape index (κ1) is 10.7. The molecule has 1 heterocycles. The van der Waals surface area contributed by atoms with Crippen LogP contribution in [0.5, 0.6) is 0 Å². The van der Waals surface area contributed by atoms with Crippen LogP contribution in [0.3, 0.4) is 0 Å². The van der Waals surface area contributed by atoms with E-state index in [1.807, 2.05) is 48.5 Å². The molecule has 0 saturated heterocycles. The fourth-order valence-corrected chi connectivity index (χ4v) is 2.24. The first-order chi connectivity index (χ1) is 8.81. The lowest BCUT2D eigenvalue weighted by atomic mass is 10.0. The highest BCUT2D eigenvalue weighted by Gasteiger charge is 2.15. The zero-order valence-corrected chi connectivity index (χ0v) is 9.76. The van der Waals surface area contributed by atoms with Crippen molar-refractivity contribution >= 4 is 11.5 Å². The van der Waals surface area contributed by atoms with Gasteiger partial charge in [-0.1, -0.05) is 55.1 Å². The lowest BCUT2D eigenvalue weighted by molar-refractivity contribution is -0.112. The average Bonchev–Trinajstić information content (AvgIpc) is 2.74. The van der Waals surface area contributed by atoms with E-state index in [0.717, 1.165) is 21.7 Å². The third-order valence-corrected chi connectivity index (χ3v) is 3.05. The summed E-state index contributed by atoms with van der Waals surface area (Å²) < 4.78 is 0. The van der Waals surface area contributed by atoms with Crippen LogP contribution in [0.2, 0.25) is 0 Å². The van der Waals surface area contributed by atoms with Crippen LogP contribution in [0.4, 0.5) is 0 Å². The number of hydrogen-bond donors (Lipinski definition) is 0. The summed E-state index contributed by atoms with van der Waals surface area (Å²) in [5.41, 5.74) is 2.70. The van der Waals surface area contributed by atoms with E-state index in [0.29, 0.717) is 5.57 Å². The number of fused-ring (bicyclic) bond motifs is 1. The molecule has 0 fully saturated rings. The molecule has 0 radical (unpaired) electrons. The zero-order valence-electron chi connectivity index (χ0n) is 9.76. The van der Waals surface area contributed by atoms with E-state index in [4.69, 9.17) is 0 Å². The van der Waals surface area contributed by atoms with Crippen molar-refractivity contribution in [2.75, 3.05) is 0 Å². The van der Waals surface area contributed by atoms with E-state index in [1.165, 1.54) is 0 Å². The van der Waals surface area contributed by atoms with Gasteiger partial charge >= 0.3 is 0 Å². The first-order valence-electron chi connectivity index (χ1n) is 5.75. The molecule has 2 nitrogen and oxygen atoms in total. The molecular weight excluding hydrogens is 222 g/mol. The van der Waals surface area contributed by atoms with Gasteiger partial charge in [-0.15, -0.1) is 0 Å². The van der Waals surface area contributed by atoms with Gasteiger partial charge in [-0.05, 0) is 17.2 Å². The lowest BCUT2D eigenvalue weighted by Gasteiger charge is -2.02. The summed E-state index contributed by atoms with van der Waals surface area (Å²) in [6.07, 6.45) is 1.59. The molecule has 0 bridgehead atoms. The largest absolute Gasteiger partial charge is 0.278 e. The number of carbonyl (C=O) groups excluding carboxylic acids is 1. The highest BCUT2D eigenvalue weighted by molar-refractivity contribution is 6.19. The van der Waals surface area contributed by atoms with Crippen LogP contribution >= 0.6 is 0 Å². The van der Waals surface area contributed by atoms with E-state index < -0.39 is 0 Å². The van der Waals surface area contributed by atoms with Crippen molar-refractivity contribution in [2.45, 2.75) is 0 Å². The molecule has 86 valence electrons. The Labute approximate surface area is 105 Å². The Morgan fingerprint density at radius 3 is 2.50 bits per heavy atom. The summed E-state index contributed by atoms with van der Waals surface area (Å²) in [4.78, 5) is 15.8. The second-order valence-corrected chi connectivity index (χ2v) is 4.10. The summed E-state index contributed by atoms with van der Waals surface area (Å²) in [6, 6.07) is 15.8. The Bertz CT molecular complexity index is 757. The maximum absolute atomic E-state index is 11.8. The predicted molar refractivity (Wildman–Crippen MR) is 71.3 cm³/mol. The number of benzene rings is 2. The Morgan fingerprint density at radius 1 is 1.00 bits per heavy atom. The molecule has 1 aliphatic rings. The van der Waals surface area contributed by atoms with E-state index >= 15 is 0 Å². The minimum absolute atomic E-state index is 0.205. The minimum Gasteiger partial charge on any atom is -0.267 e. The van der Waals surface area contributed by atoms with Gasteiger partial charge in [0.05, 0.1) is 10.9 Å². The quantitative estimate of drug-likeness (QED) is 0.778. The monoisotopic (exact) mass is 233 g/mol. The molecule has 2 aromatic rings. The molecule has 2 aromatic carbocycles. The van der Waals surface area contributed by atoms with Gasteiger partial charge in [0.1, 0.15) is 0 Å². The second-order valence-electron chi connectivity index (χ2n) is 4.10. The van der Waals surface area contributed by atoms with E-state index in [9.17, 15) is 4.79 Å². The van der Waals surface area contributed by atoms with Gasteiger partial charge < -0.3 is 0 Å². The van der Waals surface area contributed by atoms with Crippen molar-refractivity contribution in [3.8, 4) is 11.1 Å². The number of amides is 1. The molecule has 18 heavy (non-hydrogen) atoms. The second kappa shape index (κ2) is 4.08. The summed E-state index contributed by atoms with van der Waals surface area (Å²) >= 11 is 0. The standard InChI is InChI=1S/C16H11NO/c1-2-12-15-13(11-7-4-3-5-8-11)9-6-10-14(15)17-16(12)18/h2-10H,1H2. The molecule has 3 rings (SSSR count). The molecule has 0 aromatic heterocycles. The van der Waals surface area contributed by atoms with Crippen LogP contribution in [0.1, 0.15) is 0 Å². The van der Waals surface area contributed by atoms with Crippen LogP contribution < -0.4 is 10.6 Å². The molecule has 0 spiro atoms. The molecule has 2 heteroatoms. The van der Waals surface area contributed by atoms with Crippen molar-refractivity contribution in [2.24, 2.45) is 4.99 Å². The molecule has 0 atom stereocenters. The van der Waals surface area contributed by atoms with Crippen molar-refractivity contribution in [3.05, 3.63) is 71.8 Å². The normalized spacial score (nSPS) is 13.1. The van der Waals surface area contributed by atoms with Crippen LogP contribution in [0.15, 0.2) is 66.2 Å². The van der Waals surface area contributed by atoms with Crippen molar-refractivity contribution < 1.29 is 4.79 Å². The van der Waals surface area contributed by atoms with Gasteiger partial charge in [0.15, 0.2) is 0 Å². The van der Waals surface area contributed by atoms with E-state index in [-0.39, 0.29) is 5.91 Å². The van der Waals surface area contributed by atoms with Gasteiger partial charge in [-0.25, -0.2) is 4.99 Å². The first-order valence-corrected chi connectivity index (χ1v) is 5.75. The fourth-order valence-electron chi connectivity index (χ4n) is 2.24. The number of nitrogens with zero attached hydrogens (tertiary/aromatic N) is 1. The van der Waals surface area contributed by atoms with Gasteiger partial charge in [0.2, 0.25) is 0 Å². The minimum atomic E-state index is -0.205. The highest BCUT2D eigenvalue weighted by Crippen LogP contribution is 2.15. The zero-order chi connectivity index (χ0) is 12.5. The SMILES string of the molecule is C=CC1=c2c(-c3ccccc3)cccc2=NC1=O. The molecule has 0 N–H and O–H groups in total. The van der Waals surface area contributed by atoms with Gasteiger partial charge in [0.25, 0.3) is 5.91 Å². The maximum Gasteiger partial charge on any atom is 0.278 e. The van der Waals surface area contributed by atoms with Crippen molar-refractivity contribution in [1.82, 2.24) is 0 Å². The molecule has 0 unspecified atom stereocenters. The third kappa shape index (κ3) is 1.51. The van der Waals surface area contributed by atoms with Gasteiger partial charge in [-0.3, -0.25) is 4.79 Å². The summed E-state index contributed by atoms with van der Waals surface area (Å²) in [5, 5.41) is 1.62. The number of carbonyl (C=O) groups is 1. The fraction of sp³-hybridized carbons (Fsp3) is 0. The molecule has 1 aliphatic heterocycles. The number of rotatable bonds is 2. The Balaban J connectivity index is 2.44. The topological polar surface area (TPSA) is 29.4 Å². The Morgan fingerprint density at radius 2 is 1.78 bits per heavy atom. The smallest absolute Gasteiger partial charge is 0.267 e. The van der Waals surface area contributed by atoms with Crippen LogP contribution in [0.25, 0.3) is 16.7 Å². The molecule has 0 saturated carbocycles. The summed E-state index contributed by atoms with van der Waals surface area (Å²) in [5.74, 6) is -0.205. The van der Waals surface area contributed by atoms with Crippen LogP contribution in [0, 0.1) is 0 Å². The lowest BCUT2D eigenvalue weighted by Crippen LogP contribution is -2.25. The van der Waals surface area contributed by atoms with Crippen molar-refractivity contribution in [3.63, 3.8) is 0 Å². The van der Waals surface area contributed by atoms with Crippen molar-refractivity contribution in [1.29, 1.82) is 0 Å². The molecular formula is C16H11NO. The maximum atomic E-state index is 11.8. The van der Waals surface area contributed by atoms with Crippen LogP contribution in [-0.4, -0.2) is 5.91 Å².